The van der Waals surface area contributed by atoms with Crippen LogP contribution in [-0.2, 0) is 6.42 Å². The molecule has 0 fully saturated rings. The van der Waals surface area contributed by atoms with Crippen LogP contribution in [0.2, 0.25) is 0 Å². The highest BCUT2D eigenvalue weighted by molar-refractivity contribution is 7.05. The van der Waals surface area contributed by atoms with Crippen LogP contribution in [0.1, 0.15) is 29.1 Å². The summed E-state index contributed by atoms with van der Waals surface area (Å²) in [6, 6.07) is 9.92. The number of aryl methyl sites for hydroxylation is 1. The summed E-state index contributed by atoms with van der Waals surface area (Å²) in [6.07, 6.45) is 2.69. The van der Waals surface area contributed by atoms with E-state index in [1.807, 2.05) is 30.5 Å². The Morgan fingerprint density at radius 3 is 3.00 bits per heavy atom. The average molecular weight is 270 g/mol. The SMILES string of the molecule is CCc1nnsc1C(N)c1cnc2ccccc2c1. The Morgan fingerprint density at radius 1 is 1.32 bits per heavy atom. The van der Waals surface area contributed by atoms with Gasteiger partial charge in [-0.05, 0) is 35.6 Å². The van der Waals surface area contributed by atoms with Crippen molar-refractivity contribution in [3.8, 4) is 0 Å². The van der Waals surface area contributed by atoms with E-state index in [-0.39, 0.29) is 6.04 Å². The van der Waals surface area contributed by atoms with E-state index in [1.165, 1.54) is 11.5 Å². The topological polar surface area (TPSA) is 64.7 Å². The third-order valence-electron chi connectivity index (χ3n) is 3.17. The van der Waals surface area contributed by atoms with E-state index in [2.05, 4.69) is 27.6 Å². The van der Waals surface area contributed by atoms with Crippen LogP contribution in [0.15, 0.2) is 36.5 Å². The minimum Gasteiger partial charge on any atom is -0.319 e. The highest BCUT2D eigenvalue weighted by atomic mass is 32.1. The number of benzene rings is 1. The van der Waals surface area contributed by atoms with Gasteiger partial charge in [0.2, 0.25) is 0 Å². The summed E-state index contributed by atoms with van der Waals surface area (Å²) in [4.78, 5) is 5.48. The zero-order valence-corrected chi connectivity index (χ0v) is 11.4. The highest BCUT2D eigenvalue weighted by Gasteiger charge is 2.17. The lowest BCUT2D eigenvalue weighted by atomic mass is 10.0. The van der Waals surface area contributed by atoms with E-state index in [0.29, 0.717) is 0 Å². The summed E-state index contributed by atoms with van der Waals surface area (Å²) in [5.41, 5.74) is 9.28. The van der Waals surface area contributed by atoms with Gasteiger partial charge in [-0.25, -0.2) is 0 Å². The number of hydrogen-bond acceptors (Lipinski definition) is 5. The number of rotatable bonds is 3. The zero-order valence-electron chi connectivity index (χ0n) is 10.6. The van der Waals surface area contributed by atoms with E-state index in [1.54, 1.807) is 0 Å². The summed E-state index contributed by atoms with van der Waals surface area (Å²) < 4.78 is 3.99. The lowest BCUT2D eigenvalue weighted by molar-refractivity contribution is 0.850. The monoisotopic (exact) mass is 270 g/mol. The van der Waals surface area contributed by atoms with Gasteiger partial charge in [-0.1, -0.05) is 29.6 Å². The molecule has 2 aromatic heterocycles. The van der Waals surface area contributed by atoms with Gasteiger partial charge in [0.05, 0.1) is 22.1 Å². The Labute approximate surface area is 115 Å². The minimum absolute atomic E-state index is 0.202. The van der Waals surface area contributed by atoms with Gasteiger partial charge in [0.25, 0.3) is 0 Å². The van der Waals surface area contributed by atoms with Gasteiger partial charge < -0.3 is 5.73 Å². The average Bonchev–Trinajstić information content (AvgIpc) is 2.94. The van der Waals surface area contributed by atoms with Gasteiger partial charge in [-0.2, -0.15) is 0 Å². The van der Waals surface area contributed by atoms with Crippen LogP contribution in [0.3, 0.4) is 0 Å². The molecule has 2 N–H and O–H groups in total. The Morgan fingerprint density at radius 2 is 2.16 bits per heavy atom. The van der Waals surface area contributed by atoms with Crippen LogP contribution in [0.5, 0.6) is 0 Å². The molecule has 3 rings (SSSR count). The highest BCUT2D eigenvalue weighted by Crippen LogP contribution is 2.26. The number of nitrogens with zero attached hydrogens (tertiary/aromatic N) is 3. The second-order valence-electron chi connectivity index (χ2n) is 4.38. The molecule has 0 radical (unpaired) electrons. The van der Waals surface area contributed by atoms with E-state index >= 15 is 0 Å². The molecular weight excluding hydrogens is 256 g/mol. The fraction of sp³-hybridized carbons (Fsp3) is 0.214. The molecule has 0 saturated carbocycles. The van der Waals surface area contributed by atoms with Crippen molar-refractivity contribution in [2.75, 3.05) is 0 Å². The molecule has 1 atom stereocenters. The van der Waals surface area contributed by atoms with Crippen molar-refractivity contribution in [2.45, 2.75) is 19.4 Å². The van der Waals surface area contributed by atoms with Crippen molar-refractivity contribution in [3.05, 3.63) is 52.7 Å². The van der Waals surface area contributed by atoms with E-state index < -0.39 is 0 Å². The van der Waals surface area contributed by atoms with Crippen LogP contribution in [0, 0.1) is 0 Å². The Bertz CT molecular complexity index is 707. The van der Waals surface area contributed by atoms with Crippen LogP contribution in [0.4, 0.5) is 0 Å². The molecule has 4 nitrogen and oxygen atoms in total. The predicted octanol–water partition coefficient (Wildman–Crippen LogP) is 2.70. The molecule has 0 spiro atoms. The first-order valence-electron chi connectivity index (χ1n) is 6.21. The van der Waals surface area contributed by atoms with Crippen LogP contribution >= 0.6 is 11.5 Å². The smallest absolute Gasteiger partial charge is 0.0804 e. The molecule has 2 heterocycles. The van der Waals surface area contributed by atoms with Crippen molar-refractivity contribution >= 4 is 22.4 Å². The predicted molar refractivity (Wildman–Crippen MR) is 77.1 cm³/mol. The van der Waals surface area contributed by atoms with Gasteiger partial charge >= 0.3 is 0 Å². The zero-order chi connectivity index (χ0) is 13.2. The fourth-order valence-electron chi connectivity index (χ4n) is 2.11. The first-order valence-corrected chi connectivity index (χ1v) is 6.98. The number of hydrogen-bond donors (Lipinski definition) is 1. The van der Waals surface area contributed by atoms with Crippen molar-refractivity contribution < 1.29 is 0 Å². The van der Waals surface area contributed by atoms with Crippen LogP contribution in [0.25, 0.3) is 10.9 Å². The molecule has 1 unspecified atom stereocenters. The normalized spacial score (nSPS) is 12.7. The number of fused-ring (bicyclic) bond motifs is 1. The summed E-state index contributed by atoms with van der Waals surface area (Å²) in [5.74, 6) is 0. The maximum atomic E-state index is 6.32. The molecule has 0 bridgehead atoms. The maximum absolute atomic E-state index is 6.32. The van der Waals surface area contributed by atoms with E-state index in [4.69, 9.17) is 5.73 Å². The molecule has 19 heavy (non-hydrogen) atoms. The molecule has 0 aliphatic heterocycles. The van der Waals surface area contributed by atoms with Crippen molar-refractivity contribution in [2.24, 2.45) is 5.73 Å². The summed E-state index contributed by atoms with van der Waals surface area (Å²) in [5, 5.41) is 5.21. The molecule has 3 aromatic rings. The Hall–Kier alpha value is -1.85. The first kappa shape index (κ1) is 12.2. The summed E-state index contributed by atoms with van der Waals surface area (Å²) >= 11 is 1.37. The number of nitrogens with two attached hydrogens (primary N) is 1. The van der Waals surface area contributed by atoms with E-state index in [9.17, 15) is 0 Å². The molecule has 0 aliphatic rings. The summed E-state index contributed by atoms with van der Waals surface area (Å²) in [6.45, 7) is 2.06. The molecule has 96 valence electrons. The van der Waals surface area contributed by atoms with Gasteiger partial charge in [-0.3, -0.25) is 4.98 Å². The van der Waals surface area contributed by atoms with Crippen molar-refractivity contribution in [1.82, 2.24) is 14.6 Å². The van der Waals surface area contributed by atoms with Crippen molar-refractivity contribution in [3.63, 3.8) is 0 Å². The second-order valence-corrected chi connectivity index (χ2v) is 5.16. The molecule has 0 saturated heterocycles. The Kier molecular flexibility index (Phi) is 3.23. The fourth-order valence-corrected chi connectivity index (χ4v) is 2.87. The quantitative estimate of drug-likeness (QED) is 0.794. The first-order chi connectivity index (χ1) is 9.29. The maximum Gasteiger partial charge on any atom is 0.0804 e. The number of para-hydroxylation sites is 1. The molecule has 0 amide bonds. The standard InChI is InChI=1S/C14H14N4S/c1-2-11-14(19-18-17-11)13(15)10-7-9-5-3-4-6-12(9)16-8-10/h3-8,13H,2,15H2,1H3. The van der Waals surface area contributed by atoms with E-state index in [0.717, 1.165) is 33.5 Å². The lowest BCUT2D eigenvalue weighted by Crippen LogP contribution is -2.12. The number of aromatic nitrogens is 3. The summed E-state index contributed by atoms with van der Waals surface area (Å²) in [7, 11) is 0. The molecule has 1 aromatic carbocycles. The number of pyridine rings is 1. The van der Waals surface area contributed by atoms with Crippen LogP contribution < -0.4 is 5.73 Å². The lowest BCUT2D eigenvalue weighted by Gasteiger charge is -2.11. The molecular formula is C14H14N4S. The third-order valence-corrected chi connectivity index (χ3v) is 4.02. The largest absolute Gasteiger partial charge is 0.319 e. The van der Waals surface area contributed by atoms with Gasteiger partial charge in [0, 0.05) is 11.6 Å². The molecule has 0 aliphatic carbocycles. The Balaban J connectivity index is 2.04. The third kappa shape index (κ3) is 2.22. The molecule has 5 heteroatoms. The van der Waals surface area contributed by atoms with Gasteiger partial charge in [-0.15, -0.1) is 5.10 Å². The minimum atomic E-state index is -0.202. The van der Waals surface area contributed by atoms with Gasteiger partial charge in [0.1, 0.15) is 0 Å². The van der Waals surface area contributed by atoms with Gasteiger partial charge in [0.15, 0.2) is 0 Å². The van der Waals surface area contributed by atoms with Crippen molar-refractivity contribution in [1.29, 1.82) is 0 Å². The van der Waals surface area contributed by atoms with Crippen LogP contribution in [-0.4, -0.2) is 14.6 Å². The second kappa shape index (κ2) is 5.03.